The number of nitriles is 1. The number of anilines is 1. The molecule has 1 fully saturated rings. The molecule has 1 aromatic carbocycles. The van der Waals surface area contributed by atoms with E-state index in [0.717, 1.165) is 23.2 Å². The van der Waals surface area contributed by atoms with Gasteiger partial charge in [-0.2, -0.15) is 5.26 Å². The number of ether oxygens (including phenoxy) is 1. The number of imidazole rings is 1. The molecular formula is C22H20N4O4S. The van der Waals surface area contributed by atoms with E-state index in [2.05, 4.69) is 15.3 Å². The molecule has 0 bridgehead atoms. The van der Waals surface area contributed by atoms with Crippen LogP contribution in [0.2, 0.25) is 0 Å². The molecule has 1 amide bonds. The predicted molar refractivity (Wildman–Crippen MR) is 117 cm³/mol. The number of H-pyrrole nitrogens is 1. The fourth-order valence-corrected chi connectivity index (χ4v) is 4.18. The van der Waals surface area contributed by atoms with Gasteiger partial charge in [0.05, 0.1) is 16.6 Å². The molecule has 0 radical (unpaired) electrons. The van der Waals surface area contributed by atoms with E-state index in [9.17, 15) is 20.0 Å². The summed E-state index contributed by atoms with van der Waals surface area (Å²) in [7, 11) is 0. The molecule has 2 aromatic heterocycles. The number of benzene rings is 1. The Labute approximate surface area is 182 Å². The van der Waals surface area contributed by atoms with Gasteiger partial charge in [0.1, 0.15) is 23.3 Å². The average molecular weight is 436 g/mol. The monoisotopic (exact) mass is 436 g/mol. The van der Waals surface area contributed by atoms with E-state index in [1.54, 1.807) is 19.1 Å². The topological polar surface area (TPSA) is 128 Å². The van der Waals surface area contributed by atoms with Crippen LogP contribution in [0.1, 0.15) is 39.5 Å². The van der Waals surface area contributed by atoms with E-state index >= 15 is 0 Å². The van der Waals surface area contributed by atoms with E-state index in [1.165, 1.54) is 11.3 Å². The number of carbonyl (C=O) groups is 2. The molecule has 158 valence electrons. The van der Waals surface area contributed by atoms with E-state index in [-0.39, 0.29) is 28.8 Å². The molecule has 3 aromatic rings. The summed E-state index contributed by atoms with van der Waals surface area (Å²) in [5.74, 6) is -1.00. The first-order valence-corrected chi connectivity index (χ1v) is 10.6. The van der Waals surface area contributed by atoms with Crippen molar-refractivity contribution in [3.8, 4) is 6.07 Å². The Morgan fingerprint density at radius 1 is 1.35 bits per heavy atom. The summed E-state index contributed by atoms with van der Waals surface area (Å²) in [6.07, 6.45) is 1.71. The summed E-state index contributed by atoms with van der Waals surface area (Å²) in [4.78, 5) is 33.0. The number of thiophene rings is 1. The lowest BCUT2D eigenvalue weighted by Gasteiger charge is -2.08. The van der Waals surface area contributed by atoms with Crippen LogP contribution < -0.4 is 5.32 Å². The smallest absolute Gasteiger partial charge is 0.341 e. The fourth-order valence-electron chi connectivity index (χ4n) is 3.12. The summed E-state index contributed by atoms with van der Waals surface area (Å²) in [6, 6.07) is 9.13. The van der Waals surface area contributed by atoms with Crippen LogP contribution in [0.5, 0.6) is 0 Å². The number of aliphatic hydroxyl groups excluding tert-OH is 1. The molecule has 0 atom stereocenters. The Hall–Kier alpha value is -3.64. The van der Waals surface area contributed by atoms with Crippen molar-refractivity contribution in [2.75, 3.05) is 11.9 Å². The van der Waals surface area contributed by atoms with Crippen LogP contribution in [0.25, 0.3) is 16.6 Å². The number of aromatic nitrogens is 2. The third-order valence-corrected chi connectivity index (χ3v) is 6.26. The Morgan fingerprint density at radius 2 is 2.10 bits per heavy atom. The van der Waals surface area contributed by atoms with E-state index in [4.69, 9.17) is 4.74 Å². The predicted octanol–water partition coefficient (Wildman–Crippen LogP) is 4.24. The maximum Gasteiger partial charge on any atom is 0.341 e. The highest BCUT2D eigenvalue weighted by molar-refractivity contribution is 7.16. The van der Waals surface area contributed by atoms with Gasteiger partial charge in [-0.15, -0.1) is 11.3 Å². The van der Waals surface area contributed by atoms with Gasteiger partial charge in [-0.1, -0.05) is 12.1 Å². The normalized spacial score (nSPS) is 14.1. The molecule has 1 aliphatic carbocycles. The Morgan fingerprint density at radius 3 is 2.77 bits per heavy atom. The van der Waals surface area contributed by atoms with Crippen molar-refractivity contribution in [2.45, 2.75) is 26.7 Å². The number of amides is 1. The van der Waals surface area contributed by atoms with Crippen LogP contribution in [-0.2, 0) is 9.53 Å². The zero-order valence-corrected chi connectivity index (χ0v) is 17.8. The number of aromatic amines is 1. The van der Waals surface area contributed by atoms with Crippen molar-refractivity contribution in [1.82, 2.24) is 9.97 Å². The quantitative estimate of drug-likeness (QED) is 0.301. The highest BCUT2D eigenvalue weighted by Gasteiger charge is 2.32. The first-order valence-electron chi connectivity index (χ1n) is 9.74. The Bertz CT molecular complexity index is 1230. The van der Waals surface area contributed by atoms with E-state index in [0.29, 0.717) is 16.1 Å². The first kappa shape index (κ1) is 20.6. The summed E-state index contributed by atoms with van der Waals surface area (Å²) in [5, 5.41) is 23.2. The van der Waals surface area contributed by atoms with Crippen molar-refractivity contribution < 1.29 is 19.4 Å². The molecule has 4 rings (SSSR count). The average Bonchev–Trinajstić information content (AvgIpc) is 3.46. The zero-order valence-electron chi connectivity index (χ0n) is 17.0. The summed E-state index contributed by atoms with van der Waals surface area (Å²) in [5.41, 5.74) is 2.24. The lowest BCUT2D eigenvalue weighted by atomic mass is 10.1. The first-order chi connectivity index (χ1) is 14.9. The Balaban J connectivity index is 1.53. The molecule has 8 nitrogen and oxygen atoms in total. The molecule has 0 aliphatic heterocycles. The van der Waals surface area contributed by atoms with E-state index in [1.807, 2.05) is 25.1 Å². The number of para-hydroxylation sites is 2. The van der Waals surface area contributed by atoms with E-state index < -0.39 is 18.3 Å². The lowest BCUT2D eigenvalue weighted by Crippen LogP contribution is -2.16. The van der Waals surface area contributed by atoms with Crippen LogP contribution in [0, 0.1) is 31.1 Å². The number of allylic oxidation sites excluding steroid dienone is 1. The SMILES string of the molecule is Cc1sc(NC(=O)C2CC2)c(C(=O)OC/C(O)=C(/C#N)c2nc3ccccc3[nH]2)c1C. The van der Waals surface area contributed by atoms with Gasteiger partial charge in [-0.3, -0.25) is 4.79 Å². The number of fused-ring (bicyclic) bond motifs is 1. The van der Waals surface area contributed by atoms with Gasteiger partial charge in [0, 0.05) is 10.8 Å². The van der Waals surface area contributed by atoms with Crippen molar-refractivity contribution in [2.24, 2.45) is 5.92 Å². The van der Waals surface area contributed by atoms with Crippen LogP contribution in [0.3, 0.4) is 0 Å². The van der Waals surface area contributed by atoms with Crippen LogP contribution in [0.4, 0.5) is 5.00 Å². The third kappa shape index (κ3) is 4.15. The number of aryl methyl sites for hydroxylation is 1. The molecule has 3 N–H and O–H groups in total. The number of hydrogen-bond acceptors (Lipinski definition) is 7. The molecule has 0 saturated heterocycles. The second-order valence-electron chi connectivity index (χ2n) is 7.36. The van der Waals surface area contributed by atoms with Crippen LogP contribution in [0.15, 0.2) is 30.0 Å². The highest BCUT2D eigenvalue weighted by atomic mass is 32.1. The number of aliphatic hydroxyl groups is 1. The van der Waals surface area contributed by atoms with Gasteiger partial charge in [0.15, 0.2) is 11.6 Å². The number of nitrogens with one attached hydrogen (secondary N) is 2. The molecule has 2 heterocycles. The minimum absolute atomic E-state index is 0.000515. The van der Waals surface area contributed by atoms with Crippen molar-refractivity contribution in [3.63, 3.8) is 0 Å². The molecule has 0 unspecified atom stereocenters. The van der Waals surface area contributed by atoms with Gasteiger partial charge in [0.25, 0.3) is 0 Å². The molecular weight excluding hydrogens is 416 g/mol. The number of nitrogens with zero attached hydrogens (tertiary/aromatic N) is 2. The number of rotatable bonds is 6. The van der Waals surface area contributed by atoms with Crippen molar-refractivity contribution in [1.29, 1.82) is 5.26 Å². The molecule has 0 spiro atoms. The van der Waals surface area contributed by atoms with Gasteiger partial charge >= 0.3 is 5.97 Å². The maximum atomic E-state index is 12.8. The molecule has 1 aliphatic rings. The standard InChI is InChI=1S/C22H20N4O4S/c1-11-12(2)31-21(26-20(28)13-7-8-13)18(11)22(29)30-10-17(27)14(9-23)19-24-15-5-3-4-6-16(15)25-19/h3-6,13,27H,7-8,10H2,1-2H3,(H,24,25)(H,26,28)/b17-14+. The highest BCUT2D eigenvalue weighted by Crippen LogP contribution is 2.36. The summed E-state index contributed by atoms with van der Waals surface area (Å²) in [6.45, 7) is 3.14. The third-order valence-electron chi connectivity index (χ3n) is 5.14. The minimum Gasteiger partial charge on any atom is -0.507 e. The van der Waals surface area contributed by atoms with Gasteiger partial charge in [0.2, 0.25) is 5.91 Å². The Kier molecular flexibility index (Phi) is 5.48. The number of carbonyl (C=O) groups excluding carboxylic acids is 2. The summed E-state index contributed by atoms with van der Waals surface area (Å²) >= 11 is 1.31. The molecule has 31 heavy (non-hydrogen) atoms. The second kappa shape index (κ2) is 8.24. The fraction of sp³-hybridized carbons (Fsp3) is 0.273. The molecule has 1 saturated carbocycles. The number of hydrogen-bond donors (Lipinski definition) is 3. The van der Waals surface area contributed by atoms with Gasteiger partial charge in [-0.25, -0.2) is 9.78 Å². The van der Waals surface area contributed by atoms with Gasteiger partial charge in [-0.05, 0) is 44.4 Å². The zero-order chi connectivity index (χ0) is 22.1. The molecule has 9 heteroatoms. The van der Waals surface area contributed by atoms with Crippen molar-refractivity contribution in [3.05, 3.63) is 51.9 Å². The second-order valence-corrected chi connectivity index (χ2v) is 8.59. The van der Waals surface area contributed by atoms with Gasteiger partial charge < -0.3 is 20.1 Å². The van der Waals surface area contributed by atoms with Crippen LogP contribution >= 0.6 is 11.3 Å². The largest absolute Gasteiger partial charge is 0.507 e. The van der Waals surface area contributed by atoms with Crippen molar-refractivity contribution >= 4 is 44.8 Å². The maximum absolute atomic E-state index is 12.8. The summed E-state index contributed by atoms with van der Waals surface area (Å²) < 4.78 is 5.28. The number of esters is 1. The van der Waals surface area contributed by atoms with Crippen LogP contribution in [-0.4, -0.2) is 33.6 Å². The lowest BCUT2D eigenvalue weighted by molar-refractivity contribution is -0.117. The minimum atomic E-state index is -0.679.